The van der Waals surface area contributed by atoms with Crippen molar-refractivity contribution in [2.24, 2.45) is 5.92 Å². The summed E-state index contributed by atoms with van der Waals surface area (Å²) in [5.41, 5.74) is 0. The minimum atomic E-state index is -0.346. The molecular weight excluding hydrogens is 246 g/mol. The van der Waals surface area contributed by atoms with Gasteiger partial charge in [0, 0.05) is 10.3 Å². The summed E-state index contributed by atoms with van der Waals surface area (Å²) in [5, 5.41) is 0. The van der Waals surface area contributed by atoms with Gasteiger partial charge >= 0.3 is 0 Å². The molecule has 1 saturated carbocycles. The third kappa shape index (κ3) is 1.36. The average molecular weight is 251 g/mol. The van der Waals surface area contributed by atoms with Crippen molar-refractivity contribution in [3.8, 4) is 0 Å². The van der Waals surface area contributed by atoms with Crippen molar-refractivity contribution in [1.82, 2.24) is 0 Å². The van der Waals surface area contributed by atoms with Crippen molar-refractivity contribution in [3.05, 3.63) is 0 Å². The molecule has 1 unspecified atom stereocenters. The number of rotatable bonds is 1. The van der Waals surface area contributed by atoms with Crippen molar-refractivity contribution in [1.29, 1.82) is 0 Å². The predicted octanol–water partition coefficient (Wildman–Crippen LogP) is 2.62. The molecule has 1 fully saturated rings. The molecule has 42 valence electrons. The fourth-order valence-corrected chi connectivity index (χ4v) is 2.55. The molecule has 0 amide bonds. The molecule has 0 spiro atoms. The predicted molar refractivity (Wildman–Crippen MR) is 41.4 cm³/mol. The quantitative estimate of drug-likeness (QED) is 0.496. The summed E-state index contributed by atoms with van der Waals surface area (Å²) in [4.78, 5) is 0. The first-order valence-electron chi connectivity index (χ1n) is 2.10. The molecule has 1 rings (SSSR count). The molecule has 0 radical (unpaired) electrons. The van der Waals surface area contributed by atoms with Crippen molar-refractivity contribution in [2.75, 3.05) is 4.43 Å². The van der Waals surface area contributed by atoms with Gasteiger partial charge in [-0.2, -0.15) is 0 Å². The highest BCUT2D eigenvalue weighted by molar-refractivity contribution is 14.1. The lowest BCUT2D eigenvalue weighted by molar-refractivity contribution is 1.00. The summed E-state index contributed by atoms with van der Waals surface area (Å²) in [6, 6.07) is 0. The minimum absolute atomic E-state index is 0.346. The van der Waals surface area contributed by atoms with E-state index in [1.54, 1.807) is 0 Å². The summed E-state index contributed by atoms with van der Waals surface area (Å²) >= 11 is 13.6. The highest BCUT2D eigenvalue weighted by Crippen LogP contribution is 2.53. The zero-order chi connectivity index (χ0) is 5.49. The van der Waals surface area contributed by atoms with Gasteiger partial charge in [-0.05, 0) is 6.42 Å². The molecule has 0 heterocycles. The zero-order valence-corrected chi connectivity index (χ0v) is 7.29. The first-order valence-corrected chi connectivity index (χ1v) is 4.39. The second-order valence-corrected chi connectivity index (χ2v) is 4.24. The molecule has 3 heteroatoms. The van der Waals surface area contributed by atoms with E-state index in [1.165, 1.54) is 0 Å². The largest absolute Gasteiger partial charge is 0.122 e. The Bertz CT molecular complexity index is 81.8. The molecule has 0 aromatic rings. The fraction of sp³-hybridized carbons (Fsp3) is 1.00. The van der Waals surface area contributed by atoms with Gasteiger partial charge in [-0.25, -0.2) is 0 Å². The van der Waals surface area contributed by atoms with E-state index in [0.29, 0.717) is 5.92 Å². The minimum Gasteiger partial charge on any atom is -0.101 e. The van der Waals surface area contributed by atoms with Crippen LogP contribution in [0.3, 0.4) is 0 Å². The average Bonchev–Trinajstić information content (AvgIpc) is 2.13. The van der Waals surface area contributed by atoms with Crippen molar-refractivity contribution < 1.29 is 0 Å². The van der Waals surface area contributed by atoms with Crippen LogP contribution >= 0.6 is 45.8 Å². The van der Waals surface area contributed by atoms with Crippen LogP contribution in [0.2, 0.25) is 0 Å². The topological polar surface area (TPSA) is 0 Å². The van der Waals surface area contributed by atoms with E-state index < -0.39 is 0 Å². The zero-order valence-electron chi connectivity index (χ0n) is 3.63. The highest BCUT2D eigenvalue weighted by atomic mass is 127. The lowest BCUT2D eigenvalue weighted by atomic mass is 10.5. The van der Waals surface area contributed by atoms with Gasteiger partial charge in [0.05, 0.1) is 0 Å². The first-order chi connectivity index (χ1) is 3.17. The Balaban J connectivity index is 2.30. The molecule has 7 heavy (non-hydrogen) atoms. The van der Waals surface area contributed by atoms with Gasteiger partial charge in [0.25, 0.3) is 0 Å². The summed E-state index contributed by atoms with van der Waals surface area (Å²) in [6.07, 6.45) is 0.985. The summed E-state index contributed by atoms with van der Waals surface area (Å²) in [5.74, 6) is 0.566. The number of halogens is 3. The van der Waals surface area contributed by atoms with Crippen LogP contribution in [0.5, 0.6) is 0 Å². The molecule has 0 aromatic carbocycles. The van der Waals surface area contributed by atoms with Gasteiger partial charge in [-0.3, -0.25) is 0 Å². The maximum absolute atomic E-state index is 5.67. The van der Waals surface area contributed by atoms with E-state index >= 15 is 0 Å². The van der Waals surface area contributed by atoms with Crippen molar-refractivity contribution in [2.45, 2.75) is 10.8 Å². The van der Waals surface area contributed by atoms with Crippen LogP contribution < -0.4 is 0 Å². The van der Waals surface area contributed by atoms with E-state index in [4.69, 9.17) is 23.2 Å². The third-order valence-electron chi connectivity index (χ3n) is 1.14. The van der Waals surface area contributed by atoms with Crippen LogP contribution in [0.1, 0.15) is 6.42 Å². The number of alkyl halides is 3. The molecule has 0 N–H and O–H groups in total. The van der Waals surface area contributed by atoms with Gasteiger partial charge in [0.1, 0.15) is 4.33 Å². The molecule has 0 aliphatic heterocycles. The normalized spacial score (nSPS) is 35.6. The molecule has 0 saturated heterocycles. The van der Waals surface area contributed by atoms with Crippen LogP contribution in [0.15, 0.2) is 0 Å². The maximum atomic E-state index is 5.67. The third-order valence-corrected chi connectivity index (χ3v) is 3.13. The molecule has 0 nitrogen and oxygen atoms in total. The van der Waals surface area contributed by atoms with Crippen molar-refractivity contribution in [3.63, 3.8) is 0 Å². The van der Waals surface area contributed by atoms with Gasteiger partial charge < -0.3 is 0 Å². The smallest absolute Gasteiger partial charge is 0.101 e. The first kappa shape index (κ1) is 6.43. The van der Waals surface area contributed by atoms with Crippen LogP contribution in [-0.4, -0.2) is 8.76 Å². The Hall–Kier alpha value is 1.31. The monoisotopic (exact) mass is 250 g/mol. The molecular formula is C4H5Cl2I. The lowest BCUT2D eigenvalue weighted by Gasteiger charge is -1.89. The van der Waals surface area contributed by atoms with E-state index in [2.05, 4.69) is 22.6 Å². The van der Waals surface area contributed by atoms with Gasteiger partial charge in [0.15, 0.2) is 0 Å². The Labute approximate surface area is 66.7 Å². The van der Waals surface area contributed by atoms with E-state index in [-0.39, 0.29) is 4.33 Å². The van der Waals surface area contributed by atoms with Crippen LogP contribution in [0.4, 0.5) is 0 Å². The van der Waals surface area contributed by atoms with E-state index in [1.807, 2.05) is 0 Å². The Morgan fingerprint density at radius 1 is 1.71 bits per heavy atom. The highest BCUT2D eigenvalue weighted by Gasteiger charge is 2.50. The van der Waals surface area contributed by atoms with Crippen LogP contribution in [0.25, 0.3) is 0 Å². The molecule has 1 aliphatic rings. The lowest BCUT2D eigenvalue weighted by Crippen LogP contribution is -1.88. The van der Waals surface area contributed by atoms with Crippen molar-refractivity contribution >= 4 is 45.8 Å². The Morgan fingerprint density at radius 3 is 2.14 bits per heavy atom. The van der Waals surface area contributed by atoms with Crippen LogP contribution in [0, 0.1) is 5.92 Å². The summed E-state index contributed by atoms with van der Waals surface area (Å²) in [6.45, 7) is 0. The van der Waals surface area contributed by atoms with Crippen LogP contribution in [-0.2, 0) is 0 Å². The van der Waals surface area contributed by atoms with E-state index in [0.717, 1.165) is 10.8 Å². The number of hydrogen-bond acceptors (Lipinski definition) is 0. The molecule has 1 aliphatic carbocycles. The van der Waals surface area contributed by atoms with Gasteiger partial charge in [-0.1, -0.05) is 22.6 Å². The second kappa shape index (κ2) is 1.92. The van der Waals surface area contributed by atoms with Gasteiger partial charge in [-0.15, -0.1) is 23.2 Å². The molecule has 0 aromatic heterocycles. The van der Waals surface area contributed by atoms with E-state index in [9.17, 15) is 0 Å². The second-order valence-electron chi connectivity index (χ2n) is 1.82. The Kier molecular flexibility index (Phi) is 1.76. The summed E-state index contributed by atoms with van der Waals surface area (Å²) < 4.78 is 0.742. The maximum Gasteiger partial charge on any atom is 0.122 e. The standard InChI is InChI=1S/C4H5Cl2I/c5-4(6)1-3(4)2-7/h3H,1-2H2. The fourth-order valence-electron chi connectivity index (χ4n) is 0.437. The molecule has 0 bridgehead atoms. The SMILES string of the molecule is ClC1(Cl)CC1CI. The van der Waals surface area contributed by atoms with Gasteiger partial charge in [0.2, 0.25) is 0 Å². The number of hydrogen-bond donors (Lipinski definition) is 0. The Morgan fingerprint density at radius 2 is 2.14 bits per heavy atom. The molecule has 1 atom stereocenters. The summed E-state index contributed by atoms with van der Waals surface area (Å²) in [7, 11) is 0.